The topological polar surface area (TPSA) is 34.1 Å². The molecule has 0 bridgehead atoms. The summed E-state index contributed by atoms with van der Waals surface area (Å²) in [5.41, 5.74) is 0. The van der Waals surface area contributed by atoms with Gasteiger partial charge in [-0.15, -0.1) is 6.58 Å². The molecule has 0 spiro atoms. The highest BCUT2D eigenvalue weighted by molar-refractivity contribution is 7.91. The monoisotopic (exact) mass is 216 g/mol. The van der Waals surface area contributed by atoms with Crippen molar-refractivity contribution in [2.24, 2.45) is 0 Å². The molecule has 0 atom stereocenters. The smallest absolute Gasteiger partial charge is 0.183 e. The van der Waals surface area contributed by atoms with E-state index in [4.69, 9.17) is 11.6 Å². The lowest BCUT2D eigenvalue weighted by Crippen LogP contribution is -2.04. The van der Waals surface area contributed by atoms with Crippen LogP contribution in [0.25, 0.3) is 0 Å². The lowest BCUT2D eigenvalue weighted by molar-refractivity contribution is 0.599. The van der Waals surface area contributed by atoms with Crippen LogP contribution in [0, 0.1) is 0 Å². The second-order valence-corrected chi connectivity index (χ2v) is 4.91. The van der Waals surface area contributed by atoms with Crippen LogP contribution in [-0.4, -0.2) is 14.2 Å². The molecule has 1 aromatic carbocycles. The number of hydrogen-bond acceptors (Lipinski definition) is 2. The third-order valence-corrected chi connectivity index (χ3v) is 3.65. The second kappa shape index (κ2) is 3.94. The van der Waals surface area contributed by atoms with Crippen molar-refractivity contribution < 1.29 is 8.42 Å². The van der Waals surface area contributed by atoms with Gasteiger partial charge in [0.2, 0.25) is 0 Å². The molecule has 0 aliphatic carbocycles. The molecule has 0 aliphatic rings. The Kier molecular flexibility index (Phi) is 3.12. The predicted molar refractivity (Wildman–Crippen MR) is 53.7 cm³/mol. The Labute approximate surface area is 82.8 Å². The van der Waals surface area contributed by atoms with Crippen LogP contribution in [0.3, 0.4) is 0 Å². The maximum absolute atomic E-state index is 11.5. The first-order chi connectivity index (χ1) is 6.08. The minimum atomic E-state index is -3.29. The van der Waals surface area contributed by atoms with Crippen molar-refractivity contribution in [3.05, 3.63) is 41.9 Å². The fraction of sp³-hybridized carbons (Fsp3) is 0.111. The third-order valence-electron chi connectivity index (χ3n) is 1.51. The summed E-state index contributed by atoms with van der Waals surface area (Å²) in [5.74, 6) is -0.0866. The van der Waals surface area contributed by atoms with Crippen molar-refractivity contribution in [3.8, 4) is 0 Å². The largest absolute Gasteiger partial charge is 0.223 e. The number of hydrogen-bond donors (Lipinski definition) is 0. The Morgan fingerprint density at radius 2 is 2.00 bits per heavy atom. The second-order valence-electron chi connectivity index (χ2n) is 2.50. The molecule has 0 saturated carbocycles. The maximum Gasteiger partial charge on any atom is 0.183 e. The van der Waals surface area contributed by atoms with Gasteiger partial charge in [0.25, 0.3) is 0 Å². The fourth-order valence-electron chi connectivity index (χ4n) is 0.942. The van der Waals surface area contributed by atoms with E-state index < -0.39 is 9.84 Å². The summed E-state index contributed by atoms with van der Waals surface area (Å²) in [6, 6.07) is 6.37. The summed E-state index contributed by atoms with van der Waals surface area (Å²) in [6.45, 7) is 3.38. The van der Waals surface area contributed by atoms with Gasteiger partial charge < -0.3 is 0 Å². The van der Waals surface area contributed by atoms with Crippen LogP contribution in [0.5, 0.6) is 0 Å². The van der Waals surface area contributed by atoms with Gasteiger partial charge in [-0.05, 0) is 12.1 Å². The molecule has 0 unspecified atom stereocenters. The molecule has 0 N–H and O–H groups in total. The molecule has 2 nitrogen and oxygen atoms in total. The summed E-state index contributed by atoms with van der Waals surface area (Å²) in [7, 11) is -3.29. The molecule has 0 amide bonds. The van der Waals surface area contributed by atoms with Crippen molar-refractivity contribution in [2.75, 3.05) is 5.75 Å². The zero-order valence-electron chi connectivity index (χ0n) is 6.90. The van der Waals surface area contributed by atoms with Crippen LogP contribution in [0.1, 0.15) is 0 Å². The van der Waals surface area contributed by atoms with Gasteiger partial charge in [0.05, 0.1) is 15.7 Å². The summed E-state index contributed by atoms with van der Waals surface area (Å²) >= 11 is 5.73. The van der Waals surface area contributed by atoms with Gasteiger partial charge in [0, 0.05) is 0 Å². The lowest BCUT2D eigenvalue weighted by atomic mass is 10.4. The van der Waals surface area contributed by atoms with E-state index in [9.17, 15) is 8.42 Å². The van der Waals surface area contributed by atoms with Gasteiger partial charge in [-0.3, -0.25) is 0 Å². The van der Waals surface area contributed by atoms with Gasteiger partial charge in [-0.1, -0.05) is 29.8 Å². The maximum atomic E-state index is 11.5. The molecule has 0 fully saturated rings. The number of sulfone groups is 1. The van der Waals surface area contributed by atoms with Crippen LogP contribution in [0.2, 0.25) is 5.02 Å². The first kappa shape index (κ1) is 10.3. The third kappa shape index (κ3) is 2.32. The molecule has 0 heterocycles. The van der Waals surface area contributed by atoms with Crippen LogP contribution in [-0.2, 0) is 9.84 Å². The van der Waals surface area contributed by atoms with Gasteiger partial charge in [0.15, 0.2) is 9.84 Å². The van der Waals surface area contributed by atoms with E-state index in [1.165, 1.54) is 12.1 Å². The molecule has 4 heteroatoms. The summed E-state index contributed by atoms with van der Waals surface area (Å²) in [6.07, 6.45) is 1.35. The number of halogens is 1. The van der Waals surface area contributed by atoms with E-state index in [2.05, 4.69) is 6.58 Å². The van der Waals surface area contributed by atoms with Crippen LogP contribution in [0.15, 0.2) is 41.8 Å². The normalized spacial score (nSPS) is 11.2. The van der Waals surface area contributed by atoms with E-state index in [0.717, 1.165) is 0 Å². The number of rotatable bonds is 3. The summed E-state index contributed by atoms with van der Waals surface area (Å²) < 4.78 is 23.0. The molecule has 70 valence electrons. The molecule has 0 radical (unpaired) electrons. The highest BCUT2D eigenvalue weighted by Gasteiger charge is 2.14. The standard InChI is InChI=1S/C9H9ClO2S/c1-2-7-13(11,12)9-6-4-3-5-8(9)10/h2-6H,1,7H2. The highest BCUT2D eigenvalue weighted by Crippen LogP contribution is 2.21. The van der Waals surface area contributed by atoms with Crippen molar-refractivity contribution in [3.63, 3.8) is 0 Å². The Hall–Kier alpha value is -0.800. The van der Waals surface area contributed by atoms with E-state index in [-0.39, 0.29) is 15.7 Å². The number of benzene rings is 1. The highest BCUT2D eigenvalue weighted by atomic mass is 35.5. The van der Waals surface area contributed by atoms with Gasteiger partial charge in [-0.2, -0.15) is 0 Å². The van der Waals surface area contributed by atoms with Crippen molar-refractivity contribution >= 4 is 21.4 Å². The van der Waals surface area contributed by atoms with E-state index >= 15 is 0 Å². The fourth-order valence-corrected chi connectivity index (χ4v) is 2.57. The van der Waals surface area contributed by atoms with E-state index in [1.807, 2.05) is 0 Å². The SMILES string of the molecule is C=CCS(=O)(=O)c1ccccc1Cl. The Balaban J connectivity index is 3.22. The van der Waals surface area contributed by atoms with Gasteiger partial charge in [-0.25, -0.2) is 8.42 Å². The average molecular weight is 217 g/mol. The first-order valence-corrected chi connectivity index (χ1v) is 5.69. The van der Waals surface area contributed by atoms with Crippen LogP contribution in [0.4, 0.5) is 0 Å². The molecular formula is C9H9ClO2S. The molecule has 1 rings (SSSR count). The quantitative estimate of drug-likeness (QED) is 0.727. The Bertz CT molecular complexity index is 409. The molecular weight excluding hydrogens is 208 g/mol. The van der Waals surface area contributed by atoms with Crippen LogP contribution >= 0.6 is 11.6 Å². The van der Waals surface area contributed by atoms with Gasteiger partial charge >= 0.3 is 0 Å². The minimum absolute atomic E-state index is 0.0866. The lowest BCUT2D eigenvalue weighted by Gasteiger charge is -2.02. The van der Waals surface area contributed by atoms with Crippen molar-refractivity contribution in [2.45, 2.75) is 4.90 Å². The van der Waals surface area contributed by atoms with Crippen molar-refractivity contribution in [1.29, 1.82) is 0 Å². The zero-order valence-corrected chi connectivity index (χ0v) is 8.48. The Morgan fingerprint density at radius 1 is 1.38 bits per heavy atom. The minimum Gasteiger partial charge on any atom is -0.223 e. The molecule has 1 aromatic rings. The molecule has 0 aliphatic heterocycles. The van der Waals surface area contributed by atoms with E-state index in [0.29, 0.717) is 0 Å². The molecule has 0 saturated heterocycles. The average Bonchev–Trinajstić information content (AvgIpc) is 2.04. The summed E-state index contributed by atoms with van der Waals surface area (Å²) in [5, 5.41) is 0.254. The molecule has 0 aromatic heterocycles. The Morgan fingerprint density at radius 3 is 2.54 bits per heavy atom. The van der Waals surface area contributed by atoms with Gasteiger partial charge in [0.1, 0.15) is 0 Å². The predicted octanol–water partition coefficient (Wildman–Crippen LogP) is 2.30. The molecule has 13 heavy (non-hydrogen) atoms. The zero-order chi connectivity index (χ0) is 9.90. The first-order valence-electron chi connectivity index (χ1n) is 3.66. The van der Waals surface area contributed by atoms with E-state index in [1.54, 1.807) is 18.2 Å². The van der Waals surface area contributed by atoms with Crippen molar-refractivity contribution in [1.82, 2.24) is 0 Å². The summed E-state index contributed by atoms with van der Waals surface area (Å²) in [4.78, 5) is 0.163. The van der Waals surface area contributed by atoms with Crippen LogP contribution < -0.4 is 0 Å².